The lowest BCUT2D eigenvalue weighted by Gasteiger charge is -2.24. The number of halogens is 2. The van der Waals surface area contributed by atoms with Gasteiger partial charge < -0.3 is 39.5 Å². The van der Waals surface area contributed by atoms with Gasteiger partial charge in [-0.1, -0.05) is 136 Å². The Hall–Kier alpha value is -11.4. The quantitative estimate of drug-likeness (QED) is 0.0666. The fraction of sp³-hybridized carbons (Fsp3) is 0.181. The maximum Gasteiger partial charge on any atom is 0.247 e. The molecule has 0 aliphatic heterocycles. The Morgan fingerprint density at radius 1 is 0.468 bits per heavy atom. The summed E-state index contributed by atoms with van der Waals surface area (Å²) in [6.45, 7) is 18.8. The van der Waals surface area contributed by atoms with Crippen LogP contribution in [0.3, 0.4) is 0 Å². The van der Waals surface area contributed by atoms with E-state index < -0.39 is 12.1 Å². The molecule has 0 spiro atoms. The van der Waals surface area contributed by atoms with E-state index >= 15 is 0 Å². The van der Waals surface area contributed by atoms with Crippen molar-refractivity contribution in [2.75, 3.05) is 21.3 Å². The molecule has 0 saturated heterocycles. The van der Waals surface area contributed by atoms with Gasteiger partial charge in [-0.3, -0.25) is 19.2 Å². The number of hydrogen-bond donors (Lipinski definition) is 4. The van der Waals surface area contributed by atoms with Gasteiger partial charge >= 0.3 is 0 Å². The van der Waals surface area contributed by atoms with Crippen molar-refractivity contribution in [1.29, 1.82) is 0 Å². The Bertz CT molecular complexity index is 5830. The summed E-state index contributed by atoms with van der Waals surface area (Å²) in [6.07, 6.45) is 3.50. The molecule has 16 aromatic rings. The lowest BCUT2D eigenvalue weighted by molar-refractivity contribution is -0.120. The predicted molar refractivity (Wildman–Crippen MR) is 445 cm³/mol. The first-order valence-corrected chi connectivity index (χ1v) is 39.2. The summed E-state index contributed by atoms with van der Waals surface area (Å²) in [5, 5.41) is 21.5. The number of rotatable bonds is 17. The van der Waals surface area contributed by atoms with Gasteiger partial charge in [0.05, 0.1) is 65.2 Å². The number of benzene rings is 8. The average molecular weight is 1560 g/mol. The number of carbonyl (C=O) groups excluding carboxylic acids is 4. The second-order valence-electron chi connectivity index (χ2n) is 27.0. The third-order valence-electron chi connectivity index (χ3n) is 17.7. The summed E-state index contributed by atoms with van der Waals surface area (Å²) in [6, 6.07) is 60.4. The third kappa shape index (κ3) is 17.9. The molecule has 4 amide bonds. The summed E-state index contributed by atoms with van der Waals surface area (Å²) in [7, 11) is 0. The number of amides is 4. The molecule has 0 radical (unpaired) electrons. The van der Waals surface area contributed by atoms with Gasteiger partial charge in [0, 0.05) is 61.3 Å². The van der Waals surface area contributed by atoms with Gasteiger partial charge in [0.1, 0.15) is 30.9 Å². The lowest BCUT2D eigenvalue weighted by atomic mass is 9.87. The number of aryl methyl sites for hydroxylation is 3. The summed E-state index contributed by atoms with van der Waals surface area (Å²) in [5.74, 6) is 2.54. The second-order valence-corrected chi connectivity index (χ2v) is 31.5. The Balaban J connectivity index is 0.000000128. The highest BCUT2D eigenvalue weighted by Gasteiger charge is 2.31. The molecule has 8 heterocycles. The zero-order valence-electron chi connectivity index (χ0n) is 61.0. The summed E-state index contributed by atoms with van der Waals surface area (Å²) in [4.78, 5) is 89.2. The Labute approximate surface area is 655 Å². The zero-order valence-corrected chi connectivity index (χ0v) is 65.8. The lowest BCUT2D eigenvalue weighted by Crippen LogP contribution is -2.30. The number of thiazole rings is 4. The highest BCUT2D eigenvalue weighted by Crippen LogP contribution is 2.37. The van der Waals surface area contributed by atoms with Crippen molar-refractivity contribution in [3.63, 3.8) is 0 Å². The maximum absolute atomic E-state index is 13.3. The minimum absolute atomic E-state index is 0.0450. The Morgan fingerprint density at radius 3 is 1.38 bits per heavy atom. The highest BCUT2D eigenvalue weighted by molar-refractivity contribution is 7.15. The standard InChI is InChI=1S/C22H22N4OS.C21H19ClN4OS.C20H17ClN4OS.C20H18N4OS/c1-22(2,3)15-8-10-16(11-9-15)24-19(27)14-26-18-7-5-4-6-17(18)25-20(26)21-23-12-13-28-21;1-13(2)18(20(27)24-15-9-7-14(22)8-10-15)26-17-6-4-3-5-16(17)25-19(26)21-23-11-12-28-21;1-12-19(27-13(2)22-12)20-24-16-5-3-4-6-17(16)25(20)11-18(26)23-15-9-7-14(21)8-10-15;1-13-7-9-15(10-8-13)22-20(25)14(2)24-18-6-4-3-5-16(18)23-19(24)17-11-26-12-21-17/h4-13H,14H2,1-3H3,(H,24,27);3-13,18H,1-2H3,(H,24,27);3-10H,11H2,1-2H3,(H,23,26);3-12,14H,1-2H3,(H,22,25). The zero-order chi connectivity index (χ0) is 76.5. The topological polar surface area (TPSA) is 239 Å². The number of para-hydroxylation sites is 8. The minimum Gasteiger partial charge on any atom is -0.325 e. The largest absolute Gasteiger partial charge is 0.325 e. The van der Waals surface area contributed by atoms with Crippen molar-refractivity contribution >= 4 is 159 Å². The third-order valence-corrected chi connectivity index (χ3v) is 21.4. The van der Waals surface area contributed by atoms with Crippen molar-refractivity contribution in [2.24, 2.45) is 5.92 Å². The van der Waals surface area contributed by atoms with Crippen LogP contribution in [0.25, 0.3) is 88.0 Å². The fourth-order valence-corrected chi connectivity index (χ4v) is 15.3. The van der Waals surface area contributed by atoms with Crippen LogP contribution in [0.5, 0.6) is 0 Å². The number of hydrogen-bond acceptors (Lipinski definition) is 16. The highest BCUT2D eigenvalue weighted by atomic mass is 35.5. The fourth-order valence-electron chi connectivity index (χ4n) is 12.4. The molecule has 0 aliphatic carbocycles. The van der Waals surface area contributed by atoms with E-state index in [1.807, 2.05) is 209 Å². The molecule has 550 valence electrons. The molecule has 26 heteroatoms. The van der Waals surface area contributed by atoms with Crippen LogP contribution in [0.4, 0.5) is 22.7 Å². The van der Waals surface area contributed by atoms with E-state index in [-0.39, 0.29) is 48.1 Å². The first-order chi connectivity index (χ1) is 52.6. The molecule has 20 nitrogen and oxygen atoms in total. The number of aromatic nitrogens is 12. The average Bonchev–Trinajstić information content (AvgIpc) is 1.65. The Morgan fingerprint density at radius 2 is 0.899 bits per heavy atom. The van der Waals surface area contributed by atoms with Crippen LogP contribution in [0.1, 0.15) is 75.5 Å². The summed E-state index contributed by atoms with van der Waals surface area (Å²) >= 11 is 18.0. The van der Waals surface area contributed by atoms with Gasteiger partial charge in [-0.2, -0.15) is 0 Å². The van der Waals surface area contributed by atoms with Gasteiger partial charge in [-0.25, -0.2) is 39.9 Å². The molecule has 0 bridgehead atoms. The monoisotopic (exact) mass is 1560 g/mol. The number of carbonyl (C=O) groups is 4. The molecule has 2 unspecified atom stereocenters. The summed E-state index contributed by atoms with van der Waals surface area (Å²) in [5.41, 5.74) is 16.0. The van der Waals surface area contributed by atoms with Gasteiger partial charge in [-0.05, 0) is 166 Å². The molecule has 109 heavy (non-hydrogen) atoms. The second kappa shape index (κ2) is 33.8. The number of nitrogens with one attached hydrogen (secondary N) is 4. The van der Waals surface area contributed by atoms with Crippen LogP contribution in [0, 0.1) is 26.7 Å². The summed E-state index contributed by atoms with van der Waals surface area (Å²) < 4.78 is 7.82. The van der Waals surface area contributed by atoms with Crippen molar-refractivity contribution < 1.29 is 19.2 Å². The molecule has 0 fully saturated rings. The van der Waals surface area contributed by atoms with E-state index in [2.05, 4.69) is 79.1 Å². The van der Waals surface area contributed by atoms with Crippen molar-refractivity contribution in [2.45, 2.75) is 92.9 Å². The Kier molecular flexibility index (Phi) is 23.5. The van der Waals surface area contributed by atoms with Gasteiger partial charge in [0.2, 0.25) is 23.6 Å². The van der Waals surface area contributed by atoms with E-state index in [1.165, 1.54) is 39.6 Å². The minimum atomic E-state index is -0.443. The molecule has 8 aromatic heterocycles. The van der Waals surface area contributed by atoms with Crippen LogP contribution >= 0.6 is 68.5 Å². The molecular weight excluding hydrogens is 1480 g/mol. The van der Waals surface area contributed by atoms with Crippen molar-refractivity contribution in [3.8, 4) is 43.9 Å². The van der Waals surface area contributed by atoms with Crippen LogP contribution in [0.2, 0.25) is 10.0 Å². The van der Waals surface area contributed by atoms with E-state index in [4.69, 9.17) is 38.2 Å². The first kappa shape index (κ1) is 75.8. The number of fused-ring (bicyclic) bond motifs is 4. The number of imidazole rings is 4. The van der Waals surface area contributed by atoms with Crippen molar-refractivity contribution in [1.82, 2.24) is 58.1 Å². The SMILES string of the molecule is CC(C)(C)c1ccc(NC(=O)Cn2c(-c3nccs3)nc3ccccc32)cc1.CC(C)C(C(=O)Nc1ccc(Cl)cc1)n1c(-c2nccs2)nc2ccccc21.Cc1ccc(NC(=O)C(C)n2c(-c3cscn3)nc3ccccc32)cc1.Cc1nc(C)c(-c2nc3ccccc3n2CC(=O)Nc2ccc(Cl)cc2)s1. The normalized spacial score (nSPS) is 11.9. The molecule has 16 rings (SSSR count). The predicted octanol–water partition coefficient (Wildman–Crippen LogP) is 20.5. The van der Waals surface area contributed by atoms with E-state index in [0.717, 1.165) is 104 Å². The van der Waals surface area contributed by atoms with Gasteiger partial charge in [0.15, 0.2) is 33.3 Å². The van der Waals surface area contributed by atoms with Crippen LogP contribution in [0.15, 0.2) is 228 Å². The van der Waals surface area contributed by atoms with Crippen molar-refractivity contribution in [3.05, 3.63) is 260 Å². The van der Waals surface area contributed by atoms with Gasteiger partial charge in [-0.15, -0.1) is 45.3 Å². The van der Waals surface area contributed by atoms with Gasteiger partial charge in [0.25, 0.3) is 0 Å². The number of anilines is 4. The molecule has 4 N–H and O–H groups in total. The molecule has 2 atom stereocenters. The smallest absolute Gasteiger partial charge is 0.247 e. The number of nitrogens with zero attached hydrogens (tertiary/aromatic N) is 12. The van der Waals surface area contributed by atoms with E-state index in [9.17, 15) is 19.2 Å². The van der Waals surface area contributed by atoms with Crippen LogP contribution in [-0.4, -0.2) is 81.8 Å². The van der Waals surface area contributed by atoms with Crippen LogP contribution in [-0.2, 0) is 37.7 Å². The molecule has 0 saturated carbocycles. The molecule has 0 aliphatic rings. The van der Waals surface area contributed by atoms with Crippen LogP contribution < -0.4 is 21.3 Å². The van der Waals surface area contributed by atoms with E-state index in [0.29, 0.717) is 33.1 Å². The molecule has 8 aromatic carbocycles. The van der Waals surface area contributed by atoms with E-state index in [1.54, 1.807) is 77.8 Å². The molecular formula is C83H76Cl2N16O4S4. The maximum atomic E-state index is 13.3. The first-order valence-electron chi connectivity index (χ1n) is 35.0.